The van der Waals surface area contributed by atoms with Gasteiger partial charge in [0.1, 0.15) is 0 Å². The molecule has 1 aliphatic heterocycles. The van der Waals surface area contributed by atoms with Crippen LogP contribution in [0, 0.1) is 0 Å². The Hall–Kier alpha value is -2.64. The Kier molecular flexibility index (Phi) is 3.58. The van der Waals surface area contributed by atoms with Gasteiger partial charge in [0.25, 0.3) is 5.91 Å². The number of thiophene rings is 1. The molecule has 0 N–H and O–H groups in total. The van der Waals surface area contributed by atoms with Gasteiger partial charge in [-0.05, 0) is 23.6 Å². The Morgan fingerprint density at radius 2 is 2.15 bits per heavy atom. The maximum Gasteiger partial charge on any atom is 0.274 e. The predicted molar refractivity (Wildman–Crippen MR) is 100 cm³/mol. The Labute approximate surface area is 158 Å². The van der Waals surface area contributed by atoms with E-state index in [4.69, 9.17) is 11.6 Å². The summed E-state index contributed by atoms with van der Waals surface area (Å²) in [5, 5.41) is 9.04. The highest BCUT2D eigenvalue weighted by molar-refractivity contribution is 7.08. The Balaban J connectivity index is 1.42. The van der Waals surface area contributed by atoms with Gasteiger partial charge in [0.2, 0.25) is 0 Å². The van der Waals surface area contributed by atoms with E-state index in [2.05, 4.69) is 43.6 Å². The van der Waals surface area contributed by atoms with Crippen LogP contribution in [-0.2, 0) is 13.1 Å². The lowest BCUT2D eigenvalue weighted by Gasteiger charge is -2.29. The summed E-state index contributed by atoms with van der Waals surface area (Å²) in [6.45, 7) is 2.00. The quantitative estimate of drug-likeness (QED) is 0.531. The third kappa shape index (κ3) is 2.51. The lowest BCUT2D eigenvalue weighted by molar-refractivity contribution is 0.0705. The second kappa shape index (κ2) is 5.96. The summed E-state index contributed by atoms with van der Waals surface area (Å²) in [7, 11) is 0. The fourth-order valence-corrected chi connectivity index (χ4v) is 4.15. The lowest BCUT2D eigenvalue weighted by Crippen LogP contribution is -2.38. The monoisotopic (exact) mass is 383 g/mol. The zero-order valence-electron chi connectivity index (χ0n) is 13.7. The van der Waals surface area contributed by atoms with E-state index in [1.54, 1.807) is 29.8 Å². The number of hydrogen-bond donors (Lipinski definition) is 0. The normalized spacial score (nSPS) is 14.0. The highest BCUT2D eigenvalue weighted by atomic mass is 35.5. The van der Waals surface area contributed by atoms with Gasteiger partial charge in [0.05, 0.1) is 17.8 Å². The zero-order chi connectivity index (χ0) is 17.7. The summed E-state index contributed by atoms with van der Waals surface area (Å²) in [5.41, 5.74) is 4.57. The molecule has 0 aromatic carbocycles. The Bertz CT molecular complexity index is 1110. The van der Waals surface area contributed by atoms with Crippen LogP contribution in [0.1, 0.15) is 16.2 Å². The molecule has 4 aromatic rings. The van der Waals surface area contributed by atoms with E-state index in [0.29, 0.717) is 29.5 Å². The largest absolute Gasteiger partial charge is 0.341 e. The van der Waals surface area contributed by atoms with Gasteiger partial charge in [-0.15, -0.1) is 0 Å². The van der Waals surface area contributed by atoms with Gasteiger partial charge in [-0.3, -0.25) is 4.79 Å². The average molecular weight is 384 g/mol. The number of fused-ring (bicyclic) bond motifs is 2. The molecule has 5 heterocycles. The summed E-state index contributed by atoms with van der Waals surface area (Å²) in [4.78, 5) is 18.9. The van der Waals surface area contributed by atoms with E-state index in [-0.39, 0.29) is 5.91 Å². The van der Waals surface area contributed by atoms with Crippen molar-refractivity contribution in [2.45, 2.75) is 13.1 Å². The lowest BCUT2D eigenvalue weighted by atomic mass is 10.2. The standard InChI is InChI=1S/C18H14ClN5OS/c19-13-8-20-17-7-15(21-24(17)9-13)18(25)22-4-5-23-14(10-22)1-2-16(23)12-3-6-26-11-12/h1-3,6-9,11H,4-5,10H2. The van der Waals surface area contributed by atoms with E-state index in [9.17, 15) is 4.79 Å². The van der Waals surface area contributed by atoms with Crippen molar-refractivity contribution in [1.82, 2.24) is 24.1 Å². The van der Waals surface area contributed by atoms with Crippen LogP contribution in [-0.4, -0.2) is 36.5 Å². The fraction of sp³-hybridized carbons (Fsp3) is 0.167. The van der Waals surface area contributed by atoms with Crippen LogP contribution in [0.5, 0.6) is 0 Å². The molecule has 8 heteroatoms. The van der Waals surface area contributed by atoms with Gasteiger partial charge >= 0.3 is 0 Å². The molecule has 0 unspecified atom stereocenters. The molecule has 130 valence electrons. The number of hydrogen-bond acceptors (Lipinski definition) is 4. The molecule has 5 rings (SSSR count). The highest BCUT2D eigenvalue weighted by Crippen LogP contribution is 2.28. The first-order chi connectivity index (χ1) is 12.7. The topological polar surface area (TPSA) is 55.4 Å². The maximum atomic E-state index is 12.9. The first kappa shape index (κ1) is 15.6. The molecule has 6 nitrogen and oxygen atoms in total. The molecule has 4 aromatic heterocycles. The molecule has 0 atom stereocenters. The van der Waals surface area contributed by atoms with Crippen molar-refractivity contribution in [3.05, 3.63) is 63.8 Å². The zero-order valence-corrected chi connectivity index (χ0v) is 15.2. The van der Waals surface area contributed by atoms with Crippen LogP contribution < -0.4 is 0 Å². The van der Waals surface area contributed by atoms with Gasteiger partial charge < -0.3 is 9.47 Å². The van der Waals surface area contributed by atoms with E-state index in [0.717, 1.165) is 12.2 Å². The Morgan fingerprint density at radius 3 is 3.00 bits per heavy atom. The minimum absolute atomic E-state index is 0.0869. The fourth-order valence-electron chi connectivity index (χ4n) is 3.36. The summed E-state index contributed by atoms with van der Waals surface area (Å²) in [5.74, 6) is -0.0869. The van der Waals surface area contributed by atoms with Gasteiger partial charge in [-0.2, -0.15) is 16.4 Å². The second-order valence-electron chi connectivity index (χ2n) is 6.20. The molecule has 0 spiro atoms. The average Bonchev–Trinajstić information content (AvgIpc) is 3.38. The molecule has 0 aliphatic carbocycles. The maximum absolute atomic E-state index is 12.9. The number of aromatic nitrogens is 4. The molecule has 0 saturated carbocycles. The number of amides is 1. The second-order valence-corrected chi connectivity index (χ2v) is 7.42. The van der Waals surface area contributed by atoms with E-state index in [1.165, 1.54) is 15.8 Å². The van der Waals surface area contributed by atoms with Crippen LogP contribution in [0.4, 0.5) is 0 Å². The van der Waals surface area contributed by atoms with E-state index < -0.39 is 0 Å². The minimum atomic E-state index is -0.0869. The summed E-state index contributed by atoms with van der Waals surface area (Å²) >= 11 is 7.63. The molecular formula is C18H14ClN5OS. The van der Waals surface area contributed by atoms with Gasteiger partial charge in [0.15, 0.2) is 11.3 Å². The van der Waals surface area contributed by atoms with Crippen molar-refractivity contribution in [3.63, 3.8) is 0 Å². The van der Waals surface area contributed by atoms with E-state index >= 15 is 0 Å². The highest BCUT2D eigenvalue weighted by Gasteiger charge is 2.25. The number of halogens is 1. The van der Waals surface area contributed by atoms with Crippen molar-refractivity contribution in [2.24, 2.45) is 0 Å². The first-order valence-electron chi connectivity index (χ1n) is 8.20. The molecule has 1 amide bonds. The summed E-state index contributed by atoms with van der Waals surface area (Å²) in [6, 6.07) is 8.04. The van der Waals surface area contributed by atoms with Crippen LogP contribution in [0.3, 0.4) is 0 Å². The smallest absolute Gasteiger partial charge is 0.274 e. The van der Waals surface area contributed by atoms with Crippen molar-refractivity contribution < 1.29 is 4.79 Å². The summed E-state index contributed by atoms with van der Waals surface area (Å²) < 4.78 is 3.83. The molecule has 0 radical (unpaired) electrons. The molecular weight excluding hydrogens is 370 g/mol. The van der Waals surface area contributed by atoms with Crippen LogP contribution in [0.15, 0.2) is 47.4 Å². The predicted octanol–water partition coefficient (Wildman–Crippen LogP) is 3.57. The molecule has 0 bridgehead atoms. The third-order valence-electron chi connectivity index (χ3n) is 4.62. The van der Waals surface area contributed by atoms with Crippen molar-refractivity contribution in [3.8, 4) is 11.3 Å². The molecule has 0 fully saturated rings. The van der Waals surface area contributed by atoms with Gasteiger partial charge in [0, 0.05) is 47.7 Å². The van der Waals surface area contributed by atoms with E-state index in [1.807, 2.05) is 4.90 Å². The van der Waals surface area contributed by atoms with Crippen LogP contribution >= 0.6 is 22.9 Å². The van der Waals surface area contributed by atoms with Crippen molar-refractivity contribution >= 4 is 34.5 Å². The van der Waals surface area contributed by atoms with Crippen molar-refractivity contribution in [2.75, 3.05) is 6.54 Å². The number of rotatable bonds is 2. The summed E-state index contributed by atoms with van der Waals surface area (Å²) in [6.07, 6.45) is 3.20. The molecule has 0 saturated heterocycles. The minimum Gasteiger partial charge on any atom is -0.341 e. The Morgan fingerprint density at radius 1 is 1.23 bits per heavy atom. The SMILES string of the molecule is O=C(c1cc2ncc(Cl)cn2n1)N1CCn2c(ccc2-c2ccsc2)C1. The number of nitrogens with zero attached hydrogens (tertiary/aromatic N) is 5. The third-order valence-corrected chi connectivity index (χ3v) is 5.50. The van der Waals surface area contributed by atoms with Crippen LogP contribution in [0.25, 0.3) is 16.9 Å². The number of carbonyl (C=O) groups excluding carboxylic acids is 1. The molecule has 26 heavy (non-hydrogen) atoms. The van der Waals surface area contributed by atoms with Gasteiger partial charge in [-0.1, -0.05) is 11.6 Å². The first-order valence-corrected chi connectivity index (χ1v) is 9.52. The van der Waals surface area contributed by atoms with Crippen molar-refractivity contribution in [1.29, 1.82) is 0 Å². The molecule has 1 aliphatic rings. The van der Waals surface area contributed by atoms with Gasteiger partial charge in [-0.25, -0.2) is 9.50 Å². The van der Waals surface area contributed by atoms with Crippen LogP contribution in [0.2, 0.25) is 5.02 Å². The number of carbonyl (C=O) groups is 1.